The van der Waals surface area contributed by atoms with Crippen LogP contribution >= 0.6 is 11.8 Å². The lowest BCUT2D eigenvalue weighted by Gasteiger charge is -2.17. The lowest BCUT2D eigenvalue weighted by atomic mass is 9.97. The van der Waals surface area contributed by atoms with Gasteiger partial charge in [-0.2, -0.15) is 0 Å². The van der Waals surface area contributed by atoms with Crippen molar-refractivity contribution >= 4 is 28.6 Å². The number of carbonyl (C=O) groups excluding carboxylic acids is 1. The summed E-state index contributed by atoms with van der Waals surface area (Å²) >= 11 is 1.34. The van der Waals surface area contributed by atoms with E-state index in [4.69, 9.17) is 4.98 Å². The summed E-state index contributed by atoms with van der Waals surface area (Å²) in [6.45, 7) is 2.94. The molecule has 1 atom stereocenters. The van der Waals surface area contributed by atoms with Crippen LogP contribution in [0.4, 0.5) is 0 Å². The Kier molecular flexibility index (Phi) is 7.43. The van der Waals surface area contributed by atoms with Gasteiger partial charge in [-0.05, 0) is 56.7 Å². The second-order valence-corrected chi connectivity index (χ2v) is 9.51. The predicted octanol–water partition coefficient (Wildman–Crippen LogP) is 4.93. The lowest BCUT2D eigenvalue weighted by molar-refractivity contribution is -0.120. The summed E-state index contributed by atoms with van der Waals surface area (Å²) in [6.07, 6.45) is 8.05. The van der Waals surface area contributed by atoms with Gasteiger partial charge < -0.3 is 5.32 Å². The van der Waals surface area contributed by atoms with E-state index in [0.29, 0.717) is 29.1 Å². The summed E-state index contributed by atoms with van der Waals surface area (Å²) in [4.78, 5) is 30.7. The molecule has 0 fully saturated rings. The van der Waals surface area contributed by atoms with E-state index in [-0.39, 0.29) is 16.7 Å². The lowest BCUT2D eigenvalue weighted by Crippen LogP contribution is -2.33. The molecule has 4 rings (SSSR count). The van der Waals surface area contributed by atoms with Crippen LogP contribution in [0.3, 0.4) is 0 Å². The summed E-state index contributed by atoms with van der Waals surface area (Å²) in [5.74, 6) is -0.0277. The Morgan fingerprint density at radius 2 is 1.91 bits per heavy atom. The number of allylic oxidation sites excluding steroid dienone is 1. The number of nitrogens with one attached hydrogen (secondary N) is 1. The minimum absolute atomic E-state index is 0.0277. The average molecular weight is 448 g/mol. The van der Waals surface area contributed by atoms with Crippen molar-refractivity contribution in [2.75, 3.05) is 6.54 Å². The van der Waals surface area contributed by atoms with Crippen molar-refractivity contribution in [1.82, 2.24) is 14.9 Å². The van der Waals surface area contributed by atoms with Gasteiger partial charge in [0.2, 0.25) is 5.91 Å². The molecule has 2 aromatic carbocycles. The van der Waals surface area contributed by atoms with Gasteiger partial charge in [-0.25, -0.2) is 4.98 Å². The van der Waals surface area contributed by atoms with Crippen molar-refractivity contribution in [3.63, 3.8) is 0 Å². The molecule has 6 heteroatoms. The third-order valence-electron chi connectivity index (χ3n) is 5.79. The smallest absolute Gasteiger partial charge is 0.262 e. The molecule has 3 aromatic rings. The zero-order chi connectivity index (χ0) is 22.3. The molecule has 1 N–H and O–H groups in total. The van der Waals surface area contributed by atoms with E-state index in [9.17, 15) is 9.59 Å². The van der Waals surface area contributed by atoms with Crippen molar-refractivity contribution in [1.29, 1.82) is 0 Å². The van der Waals surface area contributed by atoms with Crippen LogP contribution in [-0.4, -0.2) is 27.3 Å². The van der Waals surface area contributed by atoms with Gasteiger partial charge in [0.25, 0.3) is 5.56 Å². The van der Waals surface area contributed by atoms with Gasteiger partial charge in [-0.3, -0.25) is 14.2 Å². The van der Waals surface area contributed by atoms with Crippen LogP contribution in [0.1, 0.15) is 44.6 Å². The van der Waals surface area contributed by atoms with Gasteiger partial charge in [0.05, 0.1) is 22.7 Å². The minimum Gasteiger partial charge on any atom is -0.355 e. The van der Waals surface area contributed by atoms with Crippen LogP contribution in [0.5, 0.6) is 0 Å². The summed E-state index contributed by atoms with van der Waals surface area (Å²) < 4.78 is 1.68. The van der Waals surface area contributed by atoms with Crippen LogP contribution in [0, 0.1) is 0 Å². The number of para-hydroxylation sites is 1. The van der Waals surface area contributed by atoms with Crippen LogP contribution in [-0.2, 0) is 11.3 Å². The van der Waals surface area contributed by atoms with Gasteiger partial charge in [-0.15, -0.1) is 0 Å². The molecule has 1 amide bonds. The van der Waals surface area contributed by atoms with Gasteiger partial charge in [-0.1, -0.05) is 65.9 Å². The second-order valence-electron chi connectivity index (χ2n) is 8.20. The van der Waals surface area contributed by atoms with E-state index in [1.165, 1.54) is 30.2 Å². The van der Waals surface area contributed by atoms with E-state index in [1.54, 1.807) is 10.6 Å². The Bertz CT molecular complexity index is 1170. The molecule has 0 aliphatic heterocycles. The van der Waals surface area contributed by atoms with Crippen molar-refractivity contribution in [3.05, 3.63) is 82.2 Å². The highest BCUT2D eigenvalue weighted by molar-refractivity contribution is 8.00. The van der Waals surface area contributed by atoms with Crippen LogP contribution in [0.25, 0.3) is 10.9 Å². The van der Waals surface area contributed by atoms with Gasteiger partial charge in [0.15, 0.2) is 5.16 Å². The first kappa shape index (κ1) is 22.3. The molecule has 0 saturated heterocycles. The van der Waals surface area contributed by atoms with E-state index >= 15 is 0 Å². The Balaban J connectivity index is 1.51. The molecular formula is C26H29N3O2S. The van der Waals surface area contributed by atoms with Crippen molar-refractivity contribution < 1.29 is 4.79 Å². The fourth-order valence-corrected chi connectivity index (χ4v) is 4.91. The van der Waals surface area contributed by atoms with Gasteiger partial charge >= 0.3 is 0 Å². The zero-order valence-corrected chi connectivity index (χ0v) is 19.2. The molecule has 0 bridgehead atoms. The molecule has 5 nitrogen and oxygen atoms in total. The maximum Gasteiger partial charge on any atom is 0.262 e. The maximum atomic E-state index is 13.3. The third kappa shape index (κ3) is 5.49. The first-order valence-electron chi connectivity index (χ1n) is 11.3. The number of nitrogens with zero attached hydrogens (tertiary/aromatic N) is 2. The van der Waals surface area contributed by atoms with E-state index in [0.717, 1.165) is 24.8 Å². The number of aromatic nitrogens is 2. The SMILES string of the molecule is CC(Sc1nc2ccccc2c(=O)n1Cc1ccccc1)C(=O)NCCC1=CCCCC1. The first-order valence-corrected chi connectivity index (χ1v) is 12.2. The van der Waals surface area contributed by atoms with Crippen molar-refractivity contribution in [2.45, 2.75) is 56.0 Å². The Morgan fingerprint density at radius 1 is 1.12 bits per heavy atom. The molecule has 1 unspecified atom stereocenters. The van der Waals surface area contributed by atoms with Gasteiger partial charge in [0.1, 0.15) is 0 Å². The normalized spacial score (nSPS) is 14.7. The highest BCUT2D eigenvalue weighted by atomic mass is 32.2. The fourth-order valence-electron chi connectivity index (χ4n) is 3.98. The topological polar surface area (TPSA) is 64.0 Å². The summed E-state index contributed by atoms with van der Waals surface area (Å²) in [7, 11) is 0. The fraction of sp³-hybridized carbons (Fsp3) is 0.346. The Morgan fingerprint density at radius 3 is 2.69 bits per heavy atom. The second kappa shape index (κ2) is 10.6. The highest BCUT2D eigenvalue weighted by Gasteiger charge is 2.19. The molecule has 1 aliphatic carbocycles. The molecule has 0 radical (unpaired) electrons. The monoisotopic (exact) mass is 447 g/mol. The Hall–Kier alpha value is -2.86. The number of benzene rings is 2. The van der Waals surface area contributed by atoms with Crippen LogP contribution in [0.2, 0.25) is 0 Å². The number of thioether (sulfide) groups is 1. The zero-order valence-electron chi connectivity index (χ0n) is 18.4. The summed E-state index contributed by atoms with van der Waals surface area (Å²) in [6, 6.07) is 17.2. The van der Waals surface area contributed by atoms with E-state index < -0.39 is 0 Å². The minimum atomic E-state index is -0.356. The molecule has 0 saturated carbocycles. The summed E-state index contributed by atoms with van der Waals surface area (Å²) in [5.41, 5.74) is 3.04. The van der Waals surface area contributed by atoms with Crippen molar-refractivity contribution in [3.8, 4) is 0 Å². The molecule has 1 aliphatic rings. The van der Waals surface area contributed by atoms with Gasteiger partial charge in [0, 0.05) is 6.54 Å². The van der Waals surface area contributed by atoms with Crippen LogP contribution < -0.4 is 10.9 Å². The highest BCUT2D eigenvalue weighted by Crippen LogP contribution is 2.24. The summed E-state index contributed by atoms with van der Waals surface area (Å²) in [5, 5.41) is 3.85. The number of amides is 1. The quantitative estimate of drug-likeness (QED) is 0.302. The first-order chi connectivity index (χ1) is 15.6. The molecule has 0 spiro atoms. The number of carbonyl (C=O) groups is 1. The molecule has 166 valence electrons. The molecule has 1 heterocycles. The molecule has 1 aromatic heterocycles. The Labute approximate surface area is 192 Å². The number of hydrogen-bond donors (Lipinski definition) is 1. The number of rotatable bonds is 8. The largest absolute Gasteiger partial charge is 0.355 e. The maximum absolute atomic E-state index is 13.3. The standard InChI is InChI=1S/C26H29N3O2S/c1-19(24(30)27-17-16-20-10-4-2-5-11-20)32-26-28-23-15-9-8-14-22(23)25(31)29(26)18-21-12-6-3-7-13-21/h3,6-10,12-15,19H,2,4-5,11,16-18H2,1H3,(H,27,30). The van der Waals surface area contributed by atoms with Crippen molar-refractivity contribution in [2.24, 2.45) is 0 Å². The average Bonchev–Trinajstić information content (AvgIpc) is 2.83. The number of fused-ring (bicyclic) bond motifs is 1. The molecular weight excluding hydrogens is 418 g/mol. The third-order valence-corrected chi connectivity index (χ3v) is 6.88. The van der Waals surface area contributed by atoms with E-state index in [2.05, 4.69) is 11.4 Å². The van der Waals surface area contributed by atoms with Crippen LogP contribution in [0.15, 0.2) is 76.2 Å². The molecule has 32 heavy (non-hydrogen) atoms. The number of hydrogen-bond acceptors (Lipinski definition) is 4. The predicted molar refractivity (Wildman–Crippen MR) is 131 cm³/mol. The van der Waals surface area contributed by atoms with E-state index in [1.807, 2.05) is 55.5 Å².